The monoisotopic (exact) mass is 257 g/mol. The Morgan fingerprint density at radius 2 is 1.88 bits per heavy atom. The van der Waals surface area contributed by atoms with Crippen molar-refractivity contribution in [2.75, 3.05) is 6.26 Å². The Morgan fingerprint density at radius 3 is 2.29 bits per heavy atom. The summed E-state index contributed by atoms with van der Waals surface area (Å²) in [6.45, 7) is 0. The van der Waals surface area contributed by atoms with E-state index in [4.69, 9.17) is 10.8 Å². The molecule has 0 aliphatic carbocycles. The third-order valence-electron chi connectivity index (χ3n) is 2.23. The number of carbonyl (C=O) groups is 1. The Labute approximate surface area is 100 Å². The van der Waals surface area contributed by atoms with Crippen LogP contribution in [0.3, 0.4) is 0 Å². The van der Waals surface area contributed by atoms with Crippen molar-refractivity contribution < 1.29 is 18.3 Å². The van der Waals surface area contributed by atoms with Crippen molar-refractivity contribution in [2.45, 2.75) is 18.2 Å². The molecule has 5 nitrogen and oxygen atoms in total. The molecule has 0 saturated heterocycles. The molecule has 0 fully saturated rings. The third kappa shape index (κ3) is 4.97. The zero-order valence-corrected chi connectivity index (χ0v) is 10.3. The summed E-state index contributed by atoms with van der Waals surface area (Å²) in [5.41, 5.74) is 7.02. The number of hydrogen-bond acceptors (Lipinski definition) is 4. The SMILES string of the molecule is CS(=O)(=O)Cc1ccc(C(N)CC(=O)O)cc1. The third-order valence-corrected chi connectivity index (χ3v) is 3.09. The number of hydrogen-bond donors (Lipinski definition) is 2. The van der Waals surface area contributed by atoms with Gasteiger partial charge in [0.1, 0.15) is 0 Å². The molecule has 1 aromatic rings. The average molecular weight is 257 g/mol. The number of carboxylic acid groups (broad SMARTS) is 1. The van der Waals surface area contributed by atoms with Gasteiger partial charge in [0.05, 0.1) is 12.2 Å². The Balaban J connectivity index is 2.77. The van der Waals surface area contributed by atoms with Gasteiger partial charge in [-0.15, -0.1) is 0 Å². The van der Waals surface area contributed by atoms with Crippen molar-refractivity contribution in [3.8, 4) is 0 Å². The second kappa shape index (κ2) is 5.29. The van der Waals surface area contributed by atoms with E-state index in [0.29, 0.717) is 11.1 Å². The first kappa shape index (κ1) is 13.7. The maximum absolute atomic E-state index is 11.1. The topological polar surface area (TPSA) is 97.5 Å². The Morgan fingerprint density at radius 1 is 1.35 bits per heavy atom. The van der Waals surface area contributed by atoms with Crippen LogP contribution >= 0.6 is 0 Å². The van der Waals surface area contributed by atoms with Crippen molar-refractivity contribution >= 4 is 15.8 Å². The molecule has 1 rings (SSSR count). The van der Waals surface area contributed by atoms with Gasteiger partial charge in [0.2, 0.25) is 0 Å². The number of rotatable bonds is 5. The van der Waals surface area contributed by atoms with Crippen LogP contribution in [0, 0.1) is 0 Å². The zero-order valence-electron chi connectivity index (χ0n) is 9.46. The molecule has 0 aliphatic heterocycles. The van der Waals surface area contributed by atoms with E-state index in [1.807, 2.05) is 0 Å². The predicted molar refractivity (Wildman–Crippen MR) is 64.2 cm³/mol. The summed E-state index contributed by atoms with van der Waals surface area (Å²) in [6, 6.07) is 6.05. The van der Waals surface area contributed by atoms with E-state index in [1.165, 1.54) is 0 Å². The van der Waals surface area contributed by atoms with Crippen molar-refractivity contribution in [3.63, 3.8) is 0 Å². The molecule has 1 aromatic carbocycles. The molecule has 17 heavy (non-hydrogen) atoms. The number of aliphatic carboxylic acids is 1. The lowest BCUT2D eigenvalue weighted by Gasteiger charge is -2.09. The van der Waals surface area contributed by atoms with E-state index >= 15 is 0 Å². The van der Waals surface area contributed by atoms with Gasteiger partial charge < -0.3 is 10.8 Å². The molecule has 0 saturated carbocycles. The molecule has 0 spiro atoms. The smallest absolute Gasteiger partial charge is 0.305 e. The van der Waals surface area contributed by atoms with Gasteiger partial charge in [0, 0.05) is 12.3 Å². The molecule has 0 heterocycles. The van der Waals surface area contributed by atoms with E-state index in [-0.39, 0.29) is 12.2 Å². The summed E-state index contributed by atoms with van der Waals surface area (Å²) in [5, 5.41) is 8.59. The number of benzene rings is 1. The summed E-state index contributed by atoms with van der Waals surface area (Å²) in [7, 11) is -3.05. The van der Waals surface area contributed by atoms with Crippen LogP contribution in [-0.4, -0.2) is 25.7 Å². The molecule has 1 atom stereocenters. The normalized spacial score (nSPS) is 13.3. The molecule has 0 bridgehead atoms. The van der Waals surface area contributed by atoms with Gasteiger partial charge in [0.15, 0.2) is 9.84 Å². The second-order valence-electron chi connectivity index (χ2n) is 4.02. The van der Waals surface area contributed by atoms with E-state index in [1.54, 1.807) is 24.3 Å². The highest BCUT2D eigenvalue weighted by molar-refractivity contribution is 7.89. The fourth-order valence-corrected chi connectivity index (χ4v) is 2.27. The van der Waals surface area contributed by atoms with Gasteiger partial charge in [-0.1, -0.05) is 24.3 Å². The quantitative estimate of drug-likeness (QED) is 0.809. The maximum Gasteiger partial charge on any atom is 0.305 e. The summed E-state index contributed by atoms with van der Waals surface area (Å²) < 4.78 is 22.1. The second-order valence-corrected chi connectivity index (χ2v) is 6.16. The minimum Gasteiger partial charge on any atom is -0.481 e. The minimum absolute atomic E-state index is 0.0263. The molecular weight excluding hydrogens is 242 g/mol. The Bertz CT molecular complexity index is 493. The summed E-state index contributed by atoms with van der Waals surface area (Å²) >= 11 is 0. The van der Waals surface area contributed by atoms with Crippen LogP contribution in [0.2, 0.25) is 0 Å². The van der Waals surface area contributed by atoms with Gasteiger partial charge in [-0.3, -0.25) is 4.79 Å². The minimum atomic E-state index is -3.05. The number of carboxylic acids is 1. The highest BCUT2D eigenvalue weighted by Gasteiger charge is 2.11. The number of sulfone groups is 1. The number of nitrogens with two attached hydrogens (primary N) is 1. The van der Waals surface area contributed by atoms with E-state index in [2.05, 4.69) is 0 Å². The molecule has 1 unspecified atom stereocenters. The van der Waals surface area contributed by atoms with Crippen molar-refractivity contribution in [1.29, 1.82) is 0 Å². The molecule has 0 amide bonds. The van der Waals surface area contributed by atoms with E-state index < -0.39 is 21.8 Å². The fourth-order valence-electron chi connectivity index (χ4n) is 1.47. The van der Waals surface area contributed by atoms with Crippen LogP contribution in [-0.2, 0) is 20.4 Å². The molecule has 0 radical (unpaired) electrons. The predicted octanol–water partition coefficient (Wildman–Crippen LogP) is 0.706. The van der Waals surface area contributed by atoms with Crippen LogP contribution in [0.5, 0.6) is 0 Å². The first-order valence-electron chi connectivity index (χ1n) is 5.02. The summed E-state index contributed by atoms with van der Waals surface area (Å²) in [6.07, 6.45) is 1.02. The molecule has 6 heteroatoms. The Kier molecular flexibility index (Phi) is 4.25. The lowest BCUT2D eigenvalue weighted by Crippen LogP contribution is -2.15. The van der Waals surface area contributed by atoms with Gasteiger partial charge in [-0.05, 0) is 11.1 Å². The average Bonchev–Trinajstić information content (AvgIpc) is 2.15. The van der Waals surface area contributed by atoms with Crippen LogP contribution in [0.1, 0.15) is 23.6 Å². The van der Waals surface area contributed by atoms with Crippen LogP contribution in [0.15, 0.2) is 24.3 Å². The maximum atomic E-state index is 11.1. The van der Waals surface area contributed by atoms with Crippen LogP contribution in [0.25, 0.3) is 0 Å². The summed E-state index contributed by atoms with van der Waals surface area (Å²) in [4.78, 5) is 10.5. The van der Waals surface area contributed by atoms with Crippen LogP contribution in [0.4, 0.5) is 0 Å². The summed E-state index contributed by atoms with van der Waals surface area (Å²) in [5.74, 6) is -0.987. The van der Waals surface area contributed by atoms with E-state index in [0.717, 1.165) is 6.26 Å². The van der Waals surface area contributed by atoms with Crippen molar-refractivity contribution in [1.82, 2.24) is 0 Å². The first-order chi connectivity index (χ1) is 7.78. The van der Waals surface area contributed by atoms with Gasteiger partial charge >= 0.3 is 5.97 Å². The van der Waals surface area contributed by atoms with Gasteiger partial charge in [-0.2, -0.15) is 0 Å². The highest BCUT2D eigenvalue weighted by Crippen LogP contribution is 2.15. The first-order valence-corrected chi connectivity index (χ1v) is 7.08. The lowest BCUT2D eigenvalue weighted by molar-refractivity contribution is -0.137. The van der Waals surface area contributed by atoms with Crippen molar-refractivity contribution in [2.24, 2.45) is 5.73 Å². The van der Waals surface area contributed by atoms with Crippen molar-refractivity contribution in [3.05, 3.63) is 35.4 Å². The van der Waals surface area contributed by atoms with Gasteiger partial charge in [-0.25, -0.2) is 8.42 Å². The lowest BCUT2D eigenvalue weighted by atomic mass is 10.0. The molecular formula is C11H15NO4S. The van der Waals surface area contributed by atoms with E-state index in [9.17, 15) is 13.2 Å². The van der Waals surface area contributed by atoms with Gasteiger partial charge in [0.25, 0.3) is 0 Å². The zero-order chi connectivity index (χ0) is 13.1. The fraction of sp³-hybridized carbons (Fsp3) is 0.364. The molecule has 0 aromatic heterocycles. The Hall–Kier alpha value is -1.40. The molecule has 0 aliphatic rings. The van der Waals surface area contributed by atoms with Crippen LogP contribution < -0.4 is 5.73 Å². The standard InChI is InChI=1S/C11H15NO4S/c1-17(15,16)7-8-2-4-9(5-3-8)10(12)6-11(13)14/h2-5,10H,6-7,12H2,1H3,(H,13,14). The molecule has 3 N–H and O–H groups in total. The molecule has 94 valence electrons. The largest absolute Gasteiger partial charge is 0.481 e. The highest BCUT2D eigenvalue weighted by atomic mass is 32.2.